The van der Waals surface area contributed by atoms with Gasteiger partial charge in [0.1, 0.15) is 23.8 Å². The Hall–Kier alpha value is -2.24. The lowest BCUT2D eigenvalue weighted by Crippen LogP contribution is -2.07. The van der Waals surface area contributed by atoms with Crippen molar-refractivity contribution < 1.29 is 13.5 Å². The zero-order chi connectivity index (χ0) is 14.4. The highest BCUT2D eigenvalue weighted by Gasteiger charge is 2.02. The van der Waals surface area contributed by atoms with Gasteiger partial charge < -0.3 is 10.1 Å². The van der Waals surface area contributed by atoms with Gasteiger partial charge in [0, 0.05) is 18.7 Å². The molecule has 2 rings (SSSR count). The van der Waals surface area contributed by atoms with Crippen molar-refractivity contribution in [1.29, 1.82) is 0 Å². The summed E-state index contributed by atoms with van der Waals surface area (Å²) < 4.78 is 31.3. The largest absolute Gasteiger partial charge is 0.478 e. The fraction of sp³-hybridized carbons (Fsp3) is 0.286. The van der Waals surface area contributed by atoms with Gasteiger partial charge in [0.15, 0.2) is 0 Å². The minimum absolute atomic E-state index is 0.488. The molecule has 0 aliphatic heterocycles. The maximum Gasteiger partial charge on any atom is 0.218 e. The Balaban J connectivity index is 1.90. The summed E-state index contributed by atoms with van der Waals surface area (Å²) in [5, 5.41) is 3.05. The molecule has 2 aromatic rings. The van der Waals surface area contributed by atoms with E-state index >= 15 is 0 Å². The molecule has 0 saturated carbocycles. The van der Waals surface area contributed by atoms with Gasteiger partial charge in [0.05, 0.1) is 6.61 Å². The van der Waals surface area contributed by atoms with E-state index in [2.05, 4.69) is 15.3 Å². The monoisotopic (exact) mass is 279 g/mol. The molecule has 6 heteroatoms. The Morgan fingerprint density at radius 1 is 1.10 bits per heavy atom. The lowest BCUT2D eigenvalue weighted by Gasteiger charge is -2.07. The normalized spacial score (nSPS) is 10.3. The van der Waals surface area contributed by atoms with E-state index in [1.54, 1.807) is 6.07 Å². The summed E-state index contributed by atoms with van der Waals surface area (Å²) in [6, 6.07) is 5.16. The molecule has 106 valence electrons. The van der Waals surface area contributed by atoms with Crippen LogP contribution >= 0.6 is 0 Å². The molecule has 0 spiro atoms. The fourth-order valence-corrected chi connectivity index (χ4v) is 1.75. The molecule has 0 radical (unpaired) electrons. The van der Waals surface area contributed by atoms with Crippen LogP contribution in [0, 0.1) is 11.6 Å². The second kappa shape index (κ2) is 6.79. The van der Waals surface area contributed by atoms with Crippen molar-refractivity contribution in [2.24, 2.45) is 0 Å². The third-order valence-corrected chi connectivity index (χ3v) is 2.58. The minimum atomic E-state index is -0.569. The highest BCUT2D eigenvalue weighted by atomic mass is 19.1. The number of nitrogens with one attached hydrogen (secondary N) is 1. The number of ether oxygens (including phenoxy) is 1. The third-order valence-electron chi connectivity index (χ3n) is 2.58. The summed E-state index contributed by atoms with van der Waals surface area (Å²) >= 11 is 0. The third kappa shape index (κ3) is 4.15. The number of aromatic nitrogens is 2. The summed E-state index contributed by atoms with van der Waals surface area (Å²) in [7, 11) is 0. The van der Waals surface area contributed by atoms with Gasteiger partial charge in [-0.15, -0.1) is 0 Å². The molecule has 20 heavy (non-hydrogen) atoms. The molecule has 1 heterocycles. The SMILES string of the molecule is CCOc1cc(NCCc2cc(F)cc(F)c2)ncn1. The van der Waals surface area contributed by atoms with E-state index in [0.29, 0.717) is 36.8 Å². The molecule has 0 aliphatic rings. The molecule has 0 aliphatic carbocycles. The number of rotatable bonds is 6. The van der Waals surface area contributed by atoms with E-state index in [0.717, 1.165) is 6.07 Å². The van der Waals surface area contributed by atoms with Gasteiger partial charge in [-0.2, -0.15) is 0 Å². The van der Waals surface area contributed by atoms with E-state index in [-0.39, 0.29) is 0 Å². The van der Waals surface area contributed by atoms with Crippen LogP contribution in [0.4, 0.5) is 14.6 Å². The summed E-state index contributed by atoms with van der Waals surface area (Å²) in [4.78, 5) is 7.98. The van der Waals surface area contributed by atoms with Crippen LogP contribution in [-0.4, -0.2) is 23.1 Å². The first kappa shape index (κ1) is 14.2. The number of benzene rings is 1. The van der Waals surface area contributed by atoms with Gasteiger partial charge in [-0.25, -0.2) is 18.7 Å². The predicted molar refractivity (Wildman–Crippen MR) is 71.8 cm³/mol. The summed E-state index contributed by atoms with van der Waals surface area (Å²) in [5.74, 6) is -0.0385. The number of hydrogen-bond donors (Lipinski definition) is 1. The maximum atomic E-state index is 13.0. The Morgan fingerprint density at radius 2 is 1.85 bits per heavy atom. The summed E-state index contributed by atoms with van der Waals surface area (Å²) in [5.41, 5.74) is 0.592. The van der Waals surface area contributed by atoms with Gasteiger partial charge in [-0.1, -0.05) is 0 Å². The Labute approximate surface area is 115 Å². The molecule has 1 aromatic carbocycles. The second-order valence-electron chi connectivity index (χ2n) is 4.13. The van der Waals surface area contributed by atoms with Crippen molar-refractivity contribution in [2.45, 2.75) is 13.3 Å². The van der Waals surface area contributed by atoms with Gasteiger partial charge >= 0.3 is 0 Å². The van der Waals surface area contributed by atoms with Crippen LogP contribution < -0.4 is 10.1 Å². The van der Waals surface area contributed by atoms with Crippen molar-refractivity contribution in [3.05, 3.63) is 47.8 Å². The van der Waals surface area contributed by atoms with E-state index in [4.69, 9.17) is 4.74 Å². The Morgan fingerprint density at radius 3 is 2.55 bits per heavy atom. The van der Waals surface area contributed by atoms with E-state index in [1.807, 2.05) is 6.92 Å². The van der Waals surface area contributed by atoms with Gasteiger partial charge in [0.2, 0.25) is 5.88 Å². The molecule has 0 atom stereocenters. The molecule has 0 fully saturated rings. The zero-order valence-corrected chi connectivity index (χ0v) is 11.1. The van der Waals surface area contributed by atoms with Crippen LogP contribution in [0.1, 0.15) is 12.5 Å². The topological polar surface area (TPSA) is 47.0 Å². The fourth-order valence-electron chi connectivity index (χ4n) is 1.75. The lowest BCUT2D eigenvalue weighted by atomic mass is 10.1. The summed E-state index contributed by atoms with van der Waals surface area (Å²) in [6.07, 6.45) is 1.89. The predicted octanol–water partition coefficient (Wildman–Crippen LogP) is 2.81. The molecule has 0 unspecified atom stereocenters. The standard InChI is InChI=1S/C14H15F2N3O/c1-2-20-14-8-13(18-9-19-14)17-4-3-10-5-11(15)7-12(16)6-10/h5-9H,2-4H2,1H3,(H,17,18,19). The van der Waals surface area contributed by atoms with Gasteiger partial charge in [-0.05, 0) is 31.0 Å². The van der Waals surface area contributed by atoms with E-state index < -0.39 is 11.6 Å². The van der Waals surface area contributed by atoms with Crippen LogP contribution in [0.2, 0.25) is 0 Å². The molecule has 4 nitrogen and oxygen atoms in total. The maximum absolute atomic E-state index is 13.0. The van der Waals surface area contributed by atoms with Gasteiger partial charge in [0.25, 0.3) is 0 Å². The molecule has 0 amide bonds. The van der Waals surface area contributed by atoms with Crippen molar-refractivity contribution in [2.75, 3.05) is 18.5 Å². The van der Waals surface area contributed by atoms with Crippen molar-refractivity contribution in [3.63, 3.8) is 0 Å². The van der Waals surface area contributed by atoms with Crippen molar-refractivity contribution >= 4 is 5.82 Å². The molecular formula is C14H15F2N3O. The molecule has 0 bridgehead atoms. The number of halogens is 2. The van der Waals surface area contributed by atoms with Crippen LogP contribution in [-0.2, 0) is 6.42 Å². The quantitative estimate of drug-likeness (QED) is 0.883. The highest BCUT2D eigenvalue weighted by Crippen LogP contribution is 2.12. The molecule has 0 saturated heterocycles. The van der Waals surface area contributed by atoms with Crippen molar-refractivity contribution in [3.8, 4) is 5.88 Å². The van der Waals surface area contributed by atoms with Crippen LogP contribution in [0.25, 0.3) is 0 Å². The first-order valence-electron chi connectivity index (χ1n) is 6.31. The molecule has 1 aromatic heterocycles. The number of nitrogens with zero attached hydrogens (tertiary/aromatic N) is 2. The molecular weight excluding hydrogens is 264 g/mol. The van der Waals surface area contributed by atoms with E-state index in [9.17, 15) is 8.78 Å². The average Bonchev–Trinajstić information content (AvgIpc) is 2.38. The van der Waals surface area contributed by atoms with Crippen LogP contribution in [0.3, 0.4) is 0 Å². The lowest BCUT2D eigenvalue weighted by molar-refractivity contribution is 0.326. The summed E-state index contributed by atoms with van der Waals surface area (Å²) in [6.45, 7) is 2.90. The number of hydrogen-bond acceptors (Lipinski definition) is 4. The highest BCUT2D eigenvalue weighted by molar-refractivity contribution is 5.37. The first-order chi connectivity index (χ1) is 9.67. The van der Waals surface area contributed by atoms with E-state index in [1.165, 1.54) is 18.5 Å². The average molecular weight is 279 g/mol. The first-order valence-corrected chi connectivity index (χ1v) is 6.31. The zero-order valence-electron chi connectivity index (χ0n) is 11.1. The number of anilines is 1. The second-order valence-corrected chi connectivity index (χ2v) is 4.13. The van der Waals surface area contributed by atoms with Crippen molar-refractivity contribution in [1.82, 2.24) is 9.97 Å². The van der Waals surface area contributed by atoms with Crippen LogP contribution in [0.5, 0.6) is 5.88 Å². The minimum Gasteiger partial charge on any atom is -0.478 e. The smallest absolute Gasteiger partial charge is 0.218 e. The molecule has 1 N–H and O–H groups in total. The Bertz CT molecular complexity index is 558. The van der Waals surface area contributed by atoms with Gasteiger partial charge in [-0.3, -0.25) is 0 Å². The Kier molecular flexibility index (Phi) is 4.81. The van der Waals surface area contributed by atoms with Crippen LogP contribution in [0.15, 0.2) is 30.6 Å².